The molecule has 4 nitrogen and oxygen atoms in total. The molecule has 4 rings (SSSR count). The molecule has 1 N–H and O–H groups in total. The molecule has 4 aromatic carbocycles. The lowest BCUT2D eigenvalue weighted by Gasteiger charge is -2.14. The summed E-state index contributed by atoms with van der Waals surface area (Å²) in [5, 5.41) is 3.02. The lowest BCUT2D eigenvalue weighted by molar-refractivity contribution is -0.111. The maximum atomic E-state index is 13.4. The fraction of sp³-hybridized carbons (Fsp3) is 0.0357. The quantitative estimate of drug-likeness (QED) is 0.268. The average molecular weight is 421 g/mol. The van der Waals surface area contributed by atoms with Crippen molar-refractivity contribution in [2.45, 2.75) is 0 Å². The summed E-state index contributed by atoms with van der Waals surface area (Å²) in [6.07, 6.45) is 1.87. The molecule has 0 radical (unpaired) electrons. The zero-order valence-corrected chi connectivity index (χ0v) is 17.7. The number of hydrogen-bond acceptors (Lipinski definition) is 3. The van der Waals surface area contributed by atoms with Gasteiger partial charge in [0.25, 0.3) is 5.91 Å². The van der Waals surface area contributed by atoms with Gasteiger partial charge in [-0.3, -0.25) is 4.79 Å². The number of hydrogen-bond donors (Lipinski definition) is 1. The minimum absolute atomic E-state index is 0.226. The van der Waals surface area contributed by atoms with E-state index in [9.17, 15) is 4.79 Å². The molecule has 0 unspecified atom stereocenters. The number of methoxy groups -OCH3 is 1. The molecule has 0 aliphatic rings. The highest BCUT2D eigenvalue weighted by Crippen LogP contribution is 2.30. The van der Waals surface area contributed by atoms with Crippen LogP contribution in [0.15, 0.2) is 109 Å². The molecule has 0 spiro atoms. The van der Waals surface area contributed by atoms with Gasteiger partial charge in [-0.25, -0.2) is 0 Å². The molecule has 0 saturated carbocycles. The molecule has 158 valence electrons. The molecule has 4 heteroatoms. The first-order chi connectivity index (χ1) is 15.7. The fourth-order valence-corrected chi connectivity index (χ4v) is 3.23. The monoisotopic (exact) mass is 421 g/mol. The lowest BCUT2D eigenvalue weighted by Crippen LogP contribution is -2.14. The van der Waals surface area contributed by atoms with Gasteiger partial charge in [-0.1, -0.05) is 72.8 Å². The number of para-hydroxylation sites is 3. The Bertz CT molecular complexity index is 1200. The second-order valence-corrected chi connectivity index (χ2v) is 7.06. The second-order valence-electron chi connectivity index (χ2n) is 7.06. The molecule has 0 aliphatic carbocycles. The zero-order chi connectivity index (χ0) is 22.2. The van der Waals surface area contributed by atoms with E-state index in [1.807, 2.05) is 115 Å². The molecule has 0 aromatic heterocycles. The minimum Gasteiger partial charge on any atom is -0.497 e. The van der Waals surface area contributed by atoms with Gasteiger partial charge in [0, 0.05) is 5.57 Å². The highest BCUT2D eigenvalue weighted by Gasteiger charge is 2.15. The first-order valence-corrected chi connectivity index (χ1v) is 10.3. The summed E-state index contributed by atoms with van der Waals surface area (Å²) in [6.45, 7) is 0. The number of amides is 1. The number of ether oxygens (including phenoxy) is 2. The predicted molar refractivity (Wildman–Crippen MR) is 129 cm³/mol. The van der Waals surface area contributed by atoms with Gasteiger partial charge in [-0.05, 0) is 53.6 Å². The summed E-state index contributed by atoms with van der Waals surface area (Å²) in [5.74, 6) is 1.81. The lowest BCUT2D eigenvalue weighted by atomic mass is 10.0. The van der Waals surface area contributed by atoms with Gasteiger partial charge in [-0.15, -0.1) is 0 Å². The number of carbonyl (C=O) groups is 1. The van der Waals surface area contributed by atoms with Crippen molar-refractivity contribution in [1.82, 2.24) is 0 Å². The molecule has 32 heavy (non-hydrogen) atoms. The maximum Gasteiger partial charge on any atom is 0.256 e. The van der Waals surface area contributed by atoms with E-state index in [-0.39, 0.29) is 5.91 Å². The van der Waals surface area contributed by atoms with E-state index in [0.717, 1.165) is 16.9 Å². The van der Waals surface area contributed by atoms with E-state index in [1.54, 1.807) is 7.11 Å². The van der Waals surface area contributed by atoms with Crippen molar-refractivity contribution >= 4 is 23.2 Å². The van der Waals surface area contributed by atoms with Crippen LogP contribution < -0.4 is 14.8 Å². The summed E-state index contributed by atoms with van der Waals surface area (Å²) < 4.78 is 11.2. The summed E-state index contributed by atoms with van der Waals surface area (Å²) >= 11 is 0. The largest absolute Gasteiger partial charge is 0.497 e. The van der Waals surface area contributed by atoms with Crippen LogP contribution in [0.3, 0.4) is 0 Å². The van der Waals surface area contributed by atoms with Crippen molar-refractivity contribution in [3.63, 3.8) is 0 Å². The molecular weight excluding hydrogens is 398 g/mol. The minimum atomic E-state index is -0.226. The summed E-state index contributed by atoms with van der Waals surface area (Å²) in [5.41, 5.74) is 2.86. The van der Waals surface area contributed by atoms with Crippen LogP contribution in [0.5, 0.6) is 17.2 Å². The van der Waals surface area contributed by atoms with Crippen LogP contribution in [0.25, 0.3) is 11.6 Å². The van der Waals surface area contributed by atoms with Crippen molar-refractivity contribution in [2.24, 2.45) is 0 Å². The highest BCUT2D eigenvalue weighted by atomic mass is 16.5. The molecule has 0 aliphatic heterocycles. The molecule has 0 bridgehead atoms. The summed E-state index contributed by atoms with van der Waals surface area (Å²) in [6, 6.07) is 34.0. The van der Waals surface area contributed by atoms with Crippen LogP contribution in [0.1, 0.15) is 11.1 Å². The molecule has 0 atom stereocenters. The van der Waals surface area contributed by atoms with Crippen LogP contribution in [0.4, 0.5) is 5.69 Å². The summed E-state index contributed by atoms with van der Waals surface area (Å²) in [7, 11) is 1.63. The molecule has 4 aromatic rings. The topological polar surface area (TPSA) is 47.6 Å². The number of benzene rings is 4. The molecule has 0 heterocycles. The van der Waals surface area contributed by atoms with Crippen LogP contribution in [-0.2, 0) is 4.79 Å². The third-order valence-electron chi connectivity index (χ3n) is 4.86. The number of anilines is 1. The molecule has 1 amide bonds. The van der Waals surface area contributed by atoms with Crippen LogP contribution in [0, 0.1) is 0 Å². The smallest absolute Gasteiger partial charge is 0.256 e. The number of rotatable bonds is 7. The van der Waals surface area contributed by atoms with Crippen molar-refractivity contribution < 1.29 is 14.3 Å². The van der Waals surface area contributed by atoms with Gasteiger partial charge in [0.1, 0.15) is 11.5 Å². The summed E-state index contributed by atoms with van der Waals surface area (Å²) in [4.78, 5) is 13.4. The number of nitrogens with one attached hydrogen (secondary N) is 1. The van der Waals surface area contributed by atoms with Crippen molar-refractivity contribution in [2.75, 3.05) is 12.4 Å². The van der Waals surface area contributed by atoms with Gasteiger partial charge in [0.05, 0.1) is 12.8 Å². The van der Waals surface area contributed by atoms with E-state index in [4.69, 9.17) is 9.47 Å². The third-order valence-corrected chi connectivity index (χ3v) is 4.86. The van der Waals surface area contributed by atoms with E-state index in [2.05, 4.69) is 5.32 Å². The van der Waals surface area contributed by atoms with E-state index >= 15 is 0 Å². The Morgan fingerprint density at radius 1 is 0.719 bits per heavy atom. The first kappa shape index (κ1) is 20.9. The third kappa shape index (κ3) is 5.24. The van der Waals surface area contributed by atoms with Gasteiger partial charge in [-0.2, -0.15) is 0 Å². The van der Waals surface area contributed by atoms with Crippen LogP contribution in [-0.4, -0.2) is 13.0 Å². The Labute approximate surface area is 187 Å². The van der Waals surface area contributed by atoms with Crippen LogP contribution >= 0.6 is 0 Å². The van der Waals surface area contributed by atoms with E-state index in [0.29, 0.717) is 22.8 Å². The zero-order valence-electron chi connectivity index (χ0n) is 17.7. The molecule has 0 saturated heterocycles. The molecular formula is C28H23NO3. The van der Waals surface area contributed by atoms with Gasteiger partial charge in [0.15, 0.2) is 5.75 Å². The number of carbonyl (C=O) groups excluding carboxylic acids is 1. The van der Waals surface area contributed by atoms with E-state index < -0.39 is 0 Å². The predicted octanol–water partition coefficient (Wildman–Crippen LogP) is 6.67. The first-order valence-electron chi connectivity index (χ1n) is 10.3. The van der Waals surface area contributed by atoms with Crippen molar-refractivity contribution in [3.05, 3.63) is 120 Å². The Balaban J connectivity index is 1.64. The Kier molecular flexibility index (Phi) is 6.63. The Hall–Kier alpha value is -4.31. The van der Waals surface area contributed by atoms with Gasteiger partial charge >= 0.3 is 0 Å². The Morgan fingerprint density at radius 2 is 1.34 bits per heavy atom. The van der Waals surface area contributed by atoms with Crippen LogP contribution in [0.2, 0.25) is 0 Å². The average Bonchev–Trinajstić information content (AvgIpc) is 2.85. The van der Waals surface area contributed by atoms with Gasteiger partial charge in [0.2, 0.25) is 0 Å². The van der Waals surface area contributed by atoms with Crippen molar-refractivity contribution in [1.29, 1.82) is 0 Å². The van der Waals surface area contributed by atoms with E-state index in [1.165, 1.54) is 0 Å². The second kappa shape index (κ2) is 10.1. The maximum absolute atomic E-state index is 13.4. The molecule has 0 fully saturated rings. The Morgan fingerprint density at radius 3 is 2.03 bits per heavy atom. The highest BCUT2D eigenvalue weighted by molar-refractivity contribution is 6.29. The fourth-order valence-electron chi connectivity index (χ4n) is 3.23. The normalized spacial score (nSPS) is 11.0. The standard InChI is InChI=1S/C28H23NO3/c1-31-23-18-16-21(17-19-23)20-25(22-10-4-2-5-11-22)28(30)29-26-14-8-9-15-27(26)32-24-12-6-3-7-13-24/h2-20H,1H3,(H,29,30)/b25-20+. The van der Waals surface area contributed by atoms with Crippen molar-refractivity contribution in [3.8, 4) is 17.2 Å². The van der Waals surface area contributed by atoms with Gasteiger partial charge < -0.3 is 14.8 Å². The SMILES string of the molecule is COc1ccc(/C=C(/C(=O)Nc2ccccc2Oc2ccccc2)c2ccccc2)cc1.